The number of carbonyl (C=O) groups is 1. The number of nitrogens with one attached hydrogen (secondary N) is 3. The van der Waals surface area contributed by atoms with Crippen molar-refractivity contribution in [3.05, 3.63) is 59.3 Å². The maximum Gasteiger partial charge on any atom is 0.241 e. The molecule has 2 aromatic carbocycles. The molecule has 1 atom stereocenters. The molecule has 1 aliphatic rings. The summed E-state index contributed by atoms with van der Waals surface area (Å²) in [5.74, 6) is -1.06. The standard InChI is InChI=1S/C20H18F2N4O/c21-13-6-3-12(4-7-13)5-8-16-14-10-19(15(22)11-18(14)26-25-16)24-20(27)17-2-1-9-23-17/h3-8,10-11,17,23H,1-2,9H2,(H,24,27)(H,25,26)/b8-5+/t17-/m0/s1. The number of H-pyrrole nitrogens is 1. The Labute approximate surface area is 154 Å². The zero-order valence-corrected chi connectivity index (χ0v) is 14.4. The number of hydrogen-bond acceptors (Lipinski definition) is 3. The zero-order chi connectivity index (χ0) is 18.8. The highest BCUT2D eigenvalue weighted by Crippen LogP contribution is 2.26. The minimum absolute atomic E-state index is 0.124. The van der Waals surface area contributed by atoms with Gasteiger partial charge in [0.15, 0.2) is 0 Å². The van der Waals surface area contributed by atoms with E-state index in [-0.39, 0.29) is 23.5 Å². The van der Waals surface area contributed by atoms with Gasteiger partial charge in [-0.15, -0.1) is 0 Å². The quantitative estimate of drug-likeness (QED) is 0.658. The van der Waals surface area contributed by atoms with E-state index >= 15 is 0 Å². The van der Waals surface area contributed by atoms with Crippen LogP contribution in [0.4, 0.5) is 14.5 Å². The van der Waals surface area contributed by atoms with Gasteiger partial charge in [-0.2, -0.15) is 5.10 Å². The van der Waals surface area contributed by atoms with E-state index < -0.39 is 5.82 Å². The van der Waals surface area contributed by atoms with Crippen molar-refractivity contribution in [2.45, 2.75) is 18.9 Å². The Morgan fingerprint density at radius 2 is 2.00 bits per heavy atom. The largest absolute Gasteiger partial charge is 0.322 e. The van der Waals surface area contributed by atoms with Crippen LogP contribution in [0.15, 0.2) is 36.4 Å². The van der Waals surface area contributed by atoms with Crippen LogP contribution < -0.4 is 10.6 Å². The van der Waals surface area contributed by atoms with Gasteiger partial charge in [-0.3, -0.25) is 9.89 Å². The van der Waals surface area contributed by atoms with Crippen molar-refractivity contribution in [1.29, 1.82) is 0 Å². The summed E-state index contributed by atoms with van der Waals surface area (Å²) in [4.78, 5) is 12.3. The number of fused-ring (bicyclic) bond motifs is 1. The molecule has 1 aliphatic heterocycles. The molecule has 138 valence electrons. The van der Waals surface area contributed by atoms with Gasteiger partial charge >= 0.3 is 0 Å². The monoisotopic (exact) mass is 368 g/mol. The second-order valence-electron chi connectivity index (χ2n) is 6.51. The molecule has 2 heterocycles. The molecule has 0 aliphatic carbocycles. The number of hydrogen-bond donors (Lipinski definition) is 3. The van der Waals surface area contributed by atoms with Crippen molar-refractivity contribution in [2.24, 2.45) is 0 Å². The predicted molar refractivity (Wildman–Crippen MR) is 101 cm³/mol. The summed E-state index contributed by atoms with van der Waals surface area (Å²) in [6.45, 7) is 0.791. The van der Waals surface area contributed by atoms with Crippen LogP contribution in [0.3, 0.4) is 0 Å². The van der Waals surface area contributed by atoms with Crippen LogP contribution >= 0.6 is 0 Å². The van der Waals surface area contributed by atoms with Crippen LogP contribution in [-0.2, 0) is 4.79 Å². The second kappa shape index (κ2) is 7.28. The van der Waals surface area contributed by atoms with Gasteiger partial charge in [0.1, 0.15) is 11.6 Å². The van der Waals surface area contributed by atoms with E-state index in [1.54, 1.807) is 30.4 Å². The number of carbonyl (C=O) groups excluding carboxylic acids is 1. The first-order valence-corrected chi connectivity index (χ1v) is 8.76. The van der Waals surface area contributed by atoms with Crippen molar-refractivity contribution in [2.75, 3.05) is 11.9 Å². The van der Waals surface area contributed by atoms with Gasteiger partial charge in [0.25, 0.3) is 0 Å². The van der Waals surface area contributed by atoms with E-state index in [0.717, 1.165) is 24.9 Å². The molecule has 0 saturated carbocycles. The lowest BCUT2D eigenvalue weighted by atomic mass is 10.1. The van der Waals surface area contributed by atoms with Gasteiger partial charge in [0, 0.05) is 11.5 Å². The van der Waals surface area contributed by atoms with E-state index in [4.69, 9.17) is 0 Å². The molecule has 0 bridgehead atoms. The smallest absolute Gasteiger partial charge is 0.241 e. The Kier molecular flexibility index (Phi) is 4.68. The molecule has 1 amide bonds. The summed E-state index contributed by atoms with van der Waals surface area (Å²) in [5.41, 5.74) is 2.07. The molecule has 5 nitrogen and oxygen atoms in total. The Morgan fingerprint density at radius 1 is 1.19 bits per heavy atom. The Bertz CT molecular complexity index is 1000. The van der Waals surface area contributed by atoms with Crippen molar-refractivity contribution in [3.63, 3.8) is 0 Å². The summed E-state index contributed by atoms with van der Waals surface area (Å²) in [7, 11) is 0. The van der Waals surface area contributed by atoms with E-state index in [9.17, 15) is 13.6 Å². The SMILES string of the molecule is O=C(Nc1cc2c(/C=C/c3ccc(F)cc3)n[nH]c2cc1F)[C@@H]1CCCN1. The highest BCUT2D eigenvalue weighted by atomic mass is 19.1. The third kappa shape index (κ3) is 3.73. The molecule has 0 spiro atoms. The molecule has 27 heavy (non-hydrogen) atoms. The van der Waals surface area contributed by atoms with Crippen LogP contribution in [-0.4, -0.2) is 28.7 Å². The molecule has 3 N–H and O–H groups in total. The van der Waals surface area contributed by atoms with Crippen LogP contribution in [0.2, 0.25) is 0 Å². The fraction of sp³-hybridized carbons (Fsp3) is 0.200. The molecule has 7 heteroatoms. The van der Waals surface area contributed by atoms with Crippen molar-refractivity contribution < 1.29 is 13.6 Å². The molecule has 4 rings (SSSR count). The minimum atomic E-state index is -0.522. The third-order valence-corrected chi connectivity index (χ3v) is 4.62. The lowest BCUT2D eigenvalue weighted by Gasteiger charge is -2.11. The van der Waals surface area contributed by atoms with Gasteiger partial charge in [-0.1, -0.05) is 18.2 Å². The van der Waals surface area contributed by atoms with Gasteiger partial charge in [0.2, 0.25) is 5.91 Å². The molecule has 0 unspecified atom stereocenters. The number of anilines is 1. The predicted octanol–water partition coefficient (Wildman–Crippen LogP) is 3.70. The maximum absolute atomic E-state index is 14.3. The number of amides is 1. The van der Waals surface area contributed by atoms with Crippen LogP contribution in [0.1, 0.15) is 24.1 Å². The fourth-order valence-corrected chi connectivity index (χ4v) is 3.16. The van der Waals surface area contributed by atoms with E-state index in [2.05, 4.69) is 20.8 Å². The maximum atomic E-state index is 14.3. The number of rotatable bonds is 4. The lowest BCUT2D eigenvalue weighted by Crippen LogP contribution is -2.35. The minimum Gasteiger partial charge on any atom is -0.322 e. The van der Waals surface area contributed by atoms with Gasteiger partial charge < -0.3 is 10.6 Å². The van der Waals surface area contributed by atoms with Crippen LogP contribution in [0, 0.1) is 11.6 Å². The molecule has 1 aromatic heterocycles. The first kappa shape index (κ1) is 17.4. The van der Waals surface area contributed by atoms with Gasteiger partial charge in [-0.05, 0) is 49.2 Å². The molecule has 1 saturated heterocycles. The first-order chi connectivity index (χ1) is 13.1. The summed E-state index contributed by atoms with van der Waals surface area (Å²) in [6.07, 6.45) is 5.22. The highest BCUT2D eigenvalue weighted by molar-refractivity contribution is 5.98. The summed E-state index contributed by atoms with van der Waals surface area (Å²) < 4.78 is 27.3. The molecular formula is C20H18F2N4O. The highest BCUT2D eigenvalue weighted by Gasteiger charge is 2.23. The van der Waals surface area contributed by atoms with Gasteiger partial charge in [0.05, 0.1) is 22.9 Å². The topological polar surface area (TPSA) is 69.8 Å². The molecule has 1 fully saturated rings. The van der Waals surface area contributed by atoms with Crippen molar-refractivity contribution in [1.82, 2.24) is 15.5 Å². The van der Waals surface area contributed by atoms with Crippen molar-refractivity contribution >= 4 is 34.6 Å². The summed E-state index contributed by atoms with van der Waals surface area (Å²) in [6, 6.07) is 8.66. The molecule has 3 aromatic rings. The Hall–Kier alpha value is -3.06. The average Bonchev–Trinajstić information content (AvgIpc) is 3.32. The number of aromatic nitrogens is 2. The lowest BCUT2D eigenvalue weighted by molar-refractivity contribution is -0.117. The average molecular weight is 368 g/mol. The summed E-state index contributed by atoms with van der Waals surface area (Å²) in [5, 5.41) is 13.4. The fourth-order valence-electron chi connectivity index (χ4n) is 3.16. The summed E-state index contributed by atoms with van der Waals surface area (Å²) >= 11 is 0. The Morgan fingerprint density at radius 3 is 2.74 bits per heavy atom. The Balaban J connectivity index is 1.61. The van der Waals surface area contributed by atoms with E-state index in [1.807, 2.05) is 0 Å². The number of nitrogens with zero attached hydrogens (tertiary/aromatic N) is 1. The first-order valence-electron chi connectivity index (χ1n) is 8.76. The van der Waals surface area contributed by atoms with E-state index in [0.29, 0.717) is 16.6 Å². The van der Waals surface area contributed by atoms with Gasteiger partial charge in [-0.25, -0.2) is 8.78 Å². The number of halogens is 2. The molecule has 0 radical (unpaired) electrons. The number of benzene rings is 2. The zero-order valence-electron chi connectivity index (χ0n) is 14.4. The number of aromatic amines is 1. The van der Waals surface area contributed by atoms with Crippen LogP contribution in [0.25, 0.3) is 23.1 Å². The molecular weight excluding hydrogens is 350 g/mol. The third-order valence-electron chi connectivity index (χ3n) is 4.62. The van der Waals surface area contributed by atoms with Crippen LogP contribution in [0.5, 0.6) is 0 Å². The van der Waals surface area contributed by atoms with Crippen molar-refractivity contribution in [3.8, 4) is 0 Å². The normalized spacial score (nSPS) is 17.0. The second-order valence-corrected chi connectivity index (χ2v) is 6.51. The van der Waals surface area contributed by atoms with E-state index in [1.165, 1.54) is 18.2 Å².